The molecule has 2 rings (SSSR count). The number of nitrogens with zero attached hydrogens (tertiary/aromatic N) is 2. The predicted octanol–water partition coefficient (Wildman–Crippen LogP) is 3.01. The standard InChI is InChI=1S/C12H7F3N2O4/c1-6-9(17(19)20)11(21-16-6)12(14,15)10(18)7-2-4-8(13)5-3-7/h2-5H,1H3. The number of benzene rings is 1. The van der Waals surface area contributed by atoms with Crippen molar-refractivity contribution in [2.24, 2.45) is 0 Å². The number of ketones is 1. The number of aryl methyl sites for hydroxylation is 1. The molecule has 2 aromatic rings. The van der Waals surface area contributed by atoms with E-state index in [9.17, 15) is 28.1 Å². The number of Topliss-reactive ketones (excluding diaryl/α,β-unsaturated/α-hetero) is 1. The van der Waals surface area contributed by atoms with Gasteiger partial charge < -0.3 is 4.52 Å². The van der Waals surface area contributed by atoms with Crippen LogP contribution in [0.4, 0.5) is 18.9 Å². The second-order valence-corrected chi connectivity index (χ2v) is 4.11. The molecule has 0 N–H and O–H groups in total. The fraction of sp³-hybridized carbons (Fsp3) is 0.167. The summed E-state index contributed by atoms with van der Waals surface area (Å²) in [6, 6.07) is 3.34. The molecule has 0 radical (unpaired) electrons. The van der Waals surface area contributed by atoms with Gasteiger partial charge in [-0.15, -0.1) is 0 Å². The second-order valence-electron chi connectivity index (χ2n) is 4.11. The van der Waals surface area contributed by atoms with Crippen molar-refractivity contribution in [2.75, 3.05) is 0 Å². The fourth-order valence-corrected chi connectivity index (χ4v) is 1.67. The van der Waals surface area contributed by atoms with E-state index in [4.69, 9.17) is 0 Å². The van der Waals surface area contributed by atoms with Crippen LogP contribution in [0.25, 0.3) is 0 Å². The van der Waals surface area contributed by atoms with Crippen LogP contribution in [0.15, 0.2) is 28.8 Å². The number of carbonyl (C=O) groups is 1. The van der Waals surface area contributed by atoms with Crippen LogP contribution in [-0.2, 0) is 5.92 Å². The number of hydrogen-bond acceptors (Lipinski definition) is 5. The van der Waals surface area contributed by atoms with Crippen LogP contribution in [-0.4, -0.2) is 15.9 Å². The van der Waals surface area contributed by atoms with Gasteiger partial charge in [0.1, 0.15) is 5.82 Å². The number of carbonyl (C=O) groups excluding carboxylic acids is 1. The average molecular weight is 300 g/mol. The van der Waals surface area contributed by atoms with Crippen molar-refractivity contribution in [3.05, 3.63) is 57.2 Å². The van der Waals surface area contributed by atoms with Gasteiger partial charge in [-0.05, 0) is 31.2 Å². The lowest BCUT2D eigenvalue weighted by molar-refractivity contribution is -0.387. The summed E-state index contributed by atoms with van der Waals surface area (Å²) in [5.41, 5.74) is -1.94. The highest BCUT2D eigenvalue weighted by molar-refractivity contribution is 6.01. The monoisotopic (exact) mass is 300 g/mol. The Morgan fingerprint density at radius 1 is 1.33 bits per heavy atom. The van der Waals surface area contributed by atoms with E-state index in [0.717, 1.165) is 31.2 Å². The van der Waals surface area contributed by atoms with Gasteiger partial charge in [-0.25, -0.2) is 4.39 Å². The molecule has 9 heteroatoms. The normalized spacial score (nSPS) is 11.4. The van der Waals surface area contributed by atoms with E-state index in [1.807, 2.05) is 0 Å². The summed E-state index contributed by atoms with van der Waals surface area (Å²) < 4.78 is 45.2. The molecule has 0 atom stereocenters. The molecule has 6 nitrogen and oxygen atoms in total. The second kappa shape index (κ2) is 5.00. The summed E-state index contributed by atoms with van der Waals surface area (Å²) in [5, 5.41) is 13.9. The summed E-state index contributed by atoms with van der Waals surface area (Å²) in [6.07, 6.45) is 0. The molecule has 0 saturated carbocycles. The van der Waals surface area contributed by atoms with Crippen molar-refractivity contribution in [1.29, 1.82) is 0 Å². The zero-order valence-corrected chi connectivity index (χ0v) is 10.5. The Morgan fingerprint density at radius 3 is 2.43 bits per heavy atom. The smallest absolute Gasteiger partial charge is 0.346 e. The fourth-order valence-electron chi connectivity index (χ4n) is 1.67. The van der Waals surface area contributed by atoms with E-state index in [2.05, 4.69) is 9.68 Å². The molecule has 0 amide bonds. The first-order chi connectivity index (χ1) is 9.75. The minimum atomic E-state index is -4.29. The molecule has 110 valence electrons. The van der Waals surface area contributed by atoms with Crippen LogP contribution < -0.4 is 0 Å². The van der Waals surface area contributed by atoms with E-state index < -0.39 is 39.5 Å². The highest BCUT2D eigenvalue weighted by Gasteiger charge is 2.51. The molecule has 0 bridgehead atoms. The highest BCUT2D eigenvalue weighted by atomic mass is 19.3. The Labute approximate surface area is 115 Å². The van der Waals surface area contributed by atoms with Gasteiger partial charge in [0, 0.05) is 5.56 Å². The average Bonchev–Trinajstić information content (AvgIpc) is 2.81. The maximum Gasteiger partial charge on any atom is 0.375 e. The zero-order chi connectivity index (χ0) is 15.8. The van der Waals surface area contributed by atoms with Gasteiger partial charge >= 0.3 is 11.6 Å². The van der Waals surface area contributed by atoms with Gasteiger partial charge in [-0.3, -0.25) is 14.9 Å². The first-order valence-corrected chi connectivity index (χ1v) is 5.54. The van der Waals surface area contributed by atoms with Gasteiger partial charge in [0.05, 0.1) is 4.92 Å². The molecule has 0 unspecified atom stereocenters. The van der Waals surface area contributed by atoms with Crippen molar-refractivity contribution >= 4 is 11.5 Å². The Kier molecular flexibility index (Phi) is 3.50. The highest BCUT2D eigenvalue weighted by Crippen LogP contribution is 2.39. The molecule has 0 aliphatic heterocycles. The van der Waals surface area contributed by atoms with E-state index in [1.165, 1.54) is 0 Å². The number of aromatic nitrogens is 1. The van der Waals surface area contributed by atoms with E-state index in [-0.39, 0.29) is 5.69 Å². The van der Waals surface area contributed by atoms with Crippen molar-refractivity contribution in [1.82, 2.24) is 5.16 Å². The third-order valence-corrected chi connectivity index (χ3v) is 2.69. The molecular formula is C12H7F3N2O4. The predicted molar refractivity (Wildman–Crippen MR) is 62.5 cm³/mol. The Bertz CT molecular complexity index is 710. The summed E-state index contributed by atoms with van der Waals surface area (Å²) in [7, 11) is 0. The van der Waals surface area contributed by atoms with Crippen LogP contribution >= 0.6 is 0 Å². The largest absolute Gasteiger partial charge is 0.375 e. The van der Waals surface area contributed by atoms with E-state index in [0.29, 0.717) is 0 Å². The summed E-state index contributed by atoms with van der Waals surface area (Å²) in [5.74, 6) is -8.20. The van der Waals surface area contributed by atoms with Crippen molar-refractivity contribution in [2.45, 2.75) is 12.8 Å². The summed E-state index contributed by atoms with van der Waals surface area (Å²) in [6.45, 7) is 1.10. The Hall–Kier alpha value is -2.71. The zero-order valence-electron chi connectivity index (χ0n) is 10.5. The van der Waals surface area contributed by atoms with Gasteiger partial charge in [0.2, 0.25) is 5.78 Å². The molecular weight excluding hydrogens is 293 g/mol. The summed E-state index contributed by atoms with van der Waals surface area (Å²) in [4.78, 5) is 21.4. The van der Waals surface area contributed by atoms with Gasteiger partial charge in [0.25, 0.3) is 5.76 Å². The number of hydrogen-bond donors (Lipinski definition) is 0. The molecule has 0 aliphatic carbocycles. The Balaban J connectivity index is 2.49. The van der Waals surface area contributed by atoms with Gasteiger partial charge in [0.15, 0.2) is 5.69 Å². The van der Waals surface area contributed by atoms with E-state index in [1.54, 1.807) is 0 Å². The lowest BCUT2D eigenvalue weighted by Crippen LogP contribution is -2.26. The minimum Gasteiger partial charge on any atom is -0.346 e. The molecule has 0 spiro atoms. The number of nitro groups is 1. The van der Waals surface area contributed by atoms with Crippen LogP contribution in [0.2, 0.25) is 0 Å². The van der Waals surface area contributed by atoms with E-state index >= 15 is 0 Å². The van der Waals surface area contributed by atoms with Crippen molar-refractivity contribution in [3.63, 3.8) is 0 Å². The lowest BCUT2D eigenvalue weighted by atomic mass is 10.0. The maximum atomic E-state index is 14.1. The topological polar surface area (TPSA) is 86.2 Å². The van der Waals surface area contributed by atoms with Crippen molar-refractivity contribution in [3.8, 4) is 0 Å². The third kappa shape index (κ3) is 2.49. The molecule has 1 aromatic carbocycles. The SMILES string of the molecule is Cc1noc(C(F)(F)C(=O)c2ccc(F)cc2)c1[N+](=O)[O-]. The van der Waals surface area contributed by atoms with Crippen LogP contribution in [0.3, 0.4) is 0 Å². The lowest BCUT2D eigenvalue weighted by Gasteiger charge is -2.11. The summed E-state index contributed by atoms with van der Waals surface area (Å²) >= 11 is 0. The molecule has 0 aliphatic rings. The van der Waals surface area contributed by atoms with Gasteiger partial charge in [-0.2, -0.15) is 8.78 Å². The molecule has 1 heterocycles. The number of rotatable bonds is 4. The van der Waals surface area contributed by atoms with Crippen LogP contribution in [0, 0.1) is 22.9 Å². The quantitative estimate of drug-likeness (QED) is 0.492. The first-order valence-electron chi connectivity index (χ1n) is 5.54. The Morgan fingerprint density at radius 2 is 1.90 bits per heavy atom. The number of halogens is 3. The molecule has 21 heavy (non-hydrogen) atoms. The minimum absolute atomic E-state index is 0.374. The first kappa shape index (κ1) is 14.7. The van der Waals surface area contributed by atoms with Crippen LogP contribution in [0.5, 0.6) is 0 Å². The van der Waals surface area contributed by atoms with Crippen molar-refractivity contribution < 1.29 is 27.4 Å². The van der Waals surface area contributed by atoms with Crippen LogP contribution in [0.1, 0.15) is 21.8 Å². The van der Waals surface area contributed by atoms with Gasteiger partial charge in [-0.1, -0.05) is 5.16 Å². The number of alkyl halides is 2. The molecule has 1 aromatic heterocycles. The maximum absolute atomic E-state index is 14.1. The molecule has 0 fully saturated rings. The molecule has 0 saturated heterocycles. The third-order valence-electron chi connectivity index (χ3n) is 2.69.